The molecule has 0 amide bonds. The van der Waals surface area contributed by atoms with E-state index in [1.54, 1.807) is 23.7 Å². The first kappa shape index (κ1) is 19.3. The SMILES string of the molecule is Cc1cc(C)n(-c2ccc(Cl)c(C(=O)OC(C)c3nnc(-c4cccs4)o3)n2)n1. The van der Waals surface area contributed by atoms with Crippen LogP contribution in [0, 0.1) is 13.8 Å². The van der Waals surface area contributed by atoms with Crippen LogP contribution in [0.25, 0.3) is 16.6 Å². The van der Waals surface area contributed by atoms with E-state index in [0.717, 1.165) is 16.3 Å². The van der Waals surface area contributed by atoms with E-state index in [9.17, 15) is 4.79 Å². The Morgan fingerprint density at radius 3 is 2.79 bits per heavy atom. The summed E-state index contributed by atoms with van der Waals surface area (Å²) < 4.78 is 12.7. The highest BCUT2D eigenvalue weighted by Gasteiger charge is 2.23. The van der Waals surface area contributed by atoms with Crippen LogP contribution in [0.4, 0.5) is 0 Å². The molecule has 0 saturated carbocycles. The van der Waals surface area contributed by atoms with Gasteiger partial charge in [-0.25, -0.2) is 14.5 Å². The van der Waals surface area contributed by atoms with Crippen molar-refractivity contribution in [1.29, 1.82) is 0 Å². The molecule has 8 nitrogen and oxygen atoms in total. The molecule has 4 aromatic heterocycles. The van der Waals surface area contributed by atoms with E-state index in [0.29, 0.717) is 11.7 Å². The van der Waals surface area contributed by atoms with Crippen molar-refractivity contribution >= 4 is 28.9 Å². The molecule has 0 saturated heterocycles. The maximum atomic E-state index is 12.7. The number of hydrogen-bond acceptors (Lipinski definition) is 8. The maximum Gasteiger partial charge on any atom is 0.359 e. The van der Waals surface area contributed by atoms with Gasteiger partial charge in [0.05, 0.1) is 15.6 Å². The molecule has 0 aliphatic heterocycles. The second kappa shape index (κ2) is 7.76. The third kappa shape index (κ3) is 3.92. The van der Waals surface area contributed by atoms with Gasteiger partial charge in [-0.15, -0.1) is 21.5 Å². The van der Waals surface area contributed by atoms with Gasteiger partial charge in [-0.3, -0.25) is 0 Å². The van der Waals surface area contributed by atoms with Gasteiger partial charge >= 0.3 is 5.97 Å². The van der Waals surface area contributed by atoms with Crippen LogP contribution in [0.5, 0.6) is 0 Å². The normalized spacial score (nSPS) is 12.1. The monoisotopic (exact) mass is 429 g/mol. The van der Waals surface area contributed by atoms with Crippen molar-refractivity contribution < 1.29 is 13.9 Å². The van der Waals surface area contributed by atoms with Gasteiger partial charge in [0.15, 0.2) is 17.6 Å². The fourth-order valence-corrected chi connectivity index (χ4v) is 3.55. The van der Waals surface area contributed by atoms with Crippen LogP contribution in [-0.4, -0.2) is 30.9 Å². The summed E-state index contributed by atoms with van der Waals surface area (Å²) >= 11 is 7.66. The van der Waals surface area contributed by atoms with Gasteiger partial charge in [-0.2, -0.15) is 5.10 Å². The van der Waals surface area contributed by atoms with Gasteiger partial charge < -0.3 is 9.15 Å². The van der Waals surface area contributed by atoms with Crippen molar-refractivity contribution in [3.63, 3.8) is 0 Å². The summed E-state index contributed by atoms with van der Waals surface area (Å²) in [6, 6.07) is 8.94. The van der Waals surface area contributed by atoms with Crippen molar-refractivity contribution in [2.75, 3.05) is 0 Å². The van der Waals surface area contributed by atoms with Crippen LogP contribution in [0.2, 0.25) is 5.02 Å². The molecule has 4 aromatic rings. The van der Waals surface area contributed by atoms with Crippen LogP contribution < -0.4 is 0 Å². The molecular weight excluding hydrogens is 414 g/mol. The second-order valence-corrected chi connectivity index (χ2v) is 7.66. The molecule has 4 rings (SSSR count). The fourth-order valence-electron chi connectivity index (χ4n) is 2.72. The number of rotatable bonds is 5. The minimum absolute atomic E-state index is 0.0124. The van der Waals surface area contributed by atoms with E-state index in [1.165, 1.54) is 11.3 Å². The Kier molecular flexibility index (Phi) is 5.16. The number of carbonyl (C=O) groups is 1. The molecule has 1 unspecified atom stereocenters. The topological polar surface area (TPSA) is 95.9 Å². The van der Waals surface area contributed by atoms with Crippen molar-refractivity contribution in [3.05, 3.63) is 63.7 Å². The summed E-state index contributed by atoms with van der Waals surface area (Å²) in [5, 5.41) is 14.4. The van der Waals surface area contributed by atoms with E-state index in [-0.39, 0.29) is 16.6 Å². The number of pyridine rings is 1. The molecule has 0 aliphatic rings. The summed E-state index contributed by atoms with van der Waals surface area (Å²) in [4.78, 5) is 17.8. The molecule has 0 bridgehead atoms. The molecule has 1 atom stereocenters. The molecular formula is C19H16ClN5O3S. The standard InChI is InChI=1S/C19H16ClN5O3S/c1-10-9-11(2)25(24-10)15-7-6-13(20)16(21-15)19(26)27-12(3)17-22-23-18(28-17)14-5-4-8-29-14/h4-9,12H,1-3H3. The second-order valence-electron chi connectivity index (χ2n) is 6.31. The number of halogens is 1. The van der Waals surface area contributed by atoms with Gasteiger partial charge in [0.25, 0.3) is 11.8 Å². The summed E-state index contributed by atoms with van der Waals surface area (Å²) in [7, 11) is 0. The fraction of sp³-hybridized carbons (Fsp3) is 0.211. The molecule has 0 radical (unpaired) electrons. The molecule has 148 valence electrons. The first-order chi connectivity index (χ1) is 13.9. The number of hydrogen-bond donors (Lipinski definition) is 0. The van der Waals surface area contributed by atoms with E-state index in [4.69, 9.17) is 20.8 Å². The van der Waals surface area contributed by atoms with E-state index in [2.05, 4.69) is 20.3 Å². The summed E-state index contributed by atoms with van der Waals surface area (Å²) in [6.07, 6.45) is -0.765. The zero-order valence-electron chi connectivity index (χ0n) is 15.8. The lowest BCUT2D eigenvalue weighted by molar-refractivity contribution is 0.0273. The van der Waals surface area contributed by atoms with E-state index < -0.39 is 12.1 Å². The van der Waals surface area contributed by atoms with E-state index in [1.807, 2.05) is 37.4 Å². The molecule has 10 heteroatoms. The summed E-state index contributed by atoms with van der Waals surface area (Å²) in [5.74, 6) is 0.340. The minimum Gasteiger partial charge on any atom is -0.448 e. The average Bonchev–Trinajstić information content (AvgIpc) is 3.42. The van der Waals surface area contributed by atoms with Gasteiger partial charge in [-0.05, 0) is 50.4 Å². The lowest BCUT2D eigenvalue weighted by atomic mass is 10.3. The molecule has 0 fully saturated rings. The molecule has 0 aromatic carbocycles. The average molecular weight is 430 g/mol. The van der Waals surface area contributed by atoms with Gasteiger partial charge in [0.2, 0.25) is 0 Å². The number of nitrogens with zero attached hydrogens (tertiary/aromatic N) is 5. The van der Waals surface area contributed by atoms with Crippen molar-refractivity contribution in [1.82, 2.24) is 25.0 Å². The van der Waals surface area contributed by atoms with Gasteiger partial charge in [0.1, 0.15) is 0 Å². The first-order valence-corrected chi connectivity index (χ1v) is 9.96. The zero-order valence-corrected chi connectivity index (χ0v) is 17.4. The predicted octanol–water partition coefficient (Wildman–Crippen LogP) is 4.57. The summed E-state index contributed by atoms with van der Waals surface area (Å²) in [5.41, 5.74) is 1.72. The smallest absolute Gasteiger partial charge is 0.359 e. The number of esters is 1. The Bertz CT molecular complexity index is 1170. The zero-order chi connectivity index (χ0) is 20.5. The Hall–Kier alpha value is -3.04. The molecule has 0 aliphatic carbocycles. The number of thiophene rings is 1. The van der Waals surface area contributed by atoms with E-state index >= 15 is 0 Å². The van der Waals surface area contributed by atoms with Crippen LogP contribution >= 0.6 is 22.9 Å². The summed E-state index contributed by atoms with van der Waals surface area (Å²) in [6.45, 7) is 5.42. The Morgan fingerprint density at radius 1 is 1.28 bits per heavy atom. The van der Waals surface area contributed by atoms with Gasteiger partial charge in [0, 0.05) is 5.69 Å². The predicted molar refractivity (Wildman–Crippen MR) is 107 cm³/mol. The highest BCUT2D eigenvalue weighted by atomic mass is 35.5. The number of aromatic nitrogens is 5. The van der Waals surface area contributed by atoms with Crippen LogP contribution in [0.3, 0.4) is 0 Å². The molecule has 29 heavy (non-hydrogen) atoms. The third-order valence-electron chi connectivity index (χ3n) is 4.06. The van der Waals surface area contributed by atoms with Crippen LogP contribution in [0.15, 0.2) is 40.1 Å². The first-order valence-electron chi connectivity index (χ1n) is 8.71. The number of ether oxygens (including phenoxy) is 1. The highest BCUT2D eigenvalue weighted by Crippen LogP contribution is 2.27. The van der Waals surface area contributed by atoms with Crippen molar-refractivity contribution in [3.8, 4) is 16.6 Å². The molecule has 0 N–H and O–H groups in total. The highest BCUT2D eigenvalue weighted by molar-refractivity contribution is 7.13. The van der Waals surface area contributed by atoms with Crippen LogP contribution in [-0.2, 0) is 4.74 Å². The Morgan fingerprint density at radius 2 is 2.10 bits per heavy atom. The Labute approximate surface area is 175 Å². The van der Waals surface area contributed by atoms with Gasteiger partial charge in [-0.1, -0.05) is 17.7 Å². The molecule has 4 heterocycles. The minimum atomic E-state index is -0.765. The largest absolute Gasteiger partial charge is 0.448 e. The lowest BCUT2D eigenvalue weighted by Crippen LogP contribution is -2.14. The van der Waals surface area contributed by atoms with Crippen molar-refractivity contribution in [2.45, 2.75) is 26.9 Å². The Balaban J connectivity index is 1.55. The third-order valence-corrected chi connectivity index (χ3v) is 5.22. The quantitative estimate of drug-likeness (QED) is 0.429. The molecule has 0 spiro atoms. The maximum absolute atomic E-state index is 12.7. The van der Waals surface area contributed by atoms with Crippen LogP contribution in [0.1, 0.15) is 40.8 Å². The lowest BCUT2D eigenvalue weighted by Gasteiger charge is -2.11. The van der Waals surface area contributed by atoms with Crippen molar-refractivity contribution in [2.24, 2.45) is 0 Å². The number of aryl methyl sites for hydroxylation is 2. The number of carbonyl (C=O) groups excluding carboxylic acids is 1.